The lowest BCUT2D eigenvalue weighted by atomic mass is 9.82. The maximum atomic E-state index is 15.3. The minimum absolute atomic E-state index is 0.404. The maximum Gasteiger partial charge on any atom is 0.451 e. The highest BCUT2D eigenvalue weighted by molar-refractivity contribution is 5.06. The molecule has 0 aliphatic rings. The second kappa shape index (κ2) is 15.9. The Bertz CT molecular complexity index is 1040. The molecule has 6 nitrogen and oxygen atoms in total. The molecule has 0 aliphatic heterocycles. The first kappa shape index (κ1) is 46.6. The molecule has 49 heavy (non-hydrogen) atoms. The summed E-state index contributed by atoms with van der Waals surface area (Å²) < 4.78 is 303. The van der Waals surface area contributed by atoms with Gasteiger partial charge in [-0.25, -0.2) is 4.39 Å². The van der Waals surface area contributed by atoms with Crippen molar-refractivity contribution in [1.82, 2.24) is 0 Å². The summed E-state index contributed by atoms with van der Waals surface area (Å²) in [6.45, 7) is -4.86. The Morgan fingerprint density at radius 3 is 0.918 bits per heavy atom. The van der Waals surface area contributed by atoms with Crippen LogP contribution >= 0.6 is 0 Å². The lowest BCUT2D eigenvalue weighted by molar-refractivity contribution is -0.562. The topological polar surface area (TPSA) is 55.4 Å². The largest absolute Gasteiger partial charge is 0.451 e. The molecule has 4 unspecified atom stereocenters. The Kier molecular flexibility index (Phi) is 15.1. The fraction of sp³-hybridized carbons (Fsp3) is 0.739. The molecule has 0 rings (SSSR count). The number of ether oxygens (including phenoxy) is 6. The van der Waals surface area contributed by atoms with Crippen LogP contribution in [0.25, 0.3) is 0 Å². The fourth-order valence-corrected chi connectivity index (χ4v) is 3.05. The number of alkyl halides is 20. The third-order valence-corrected chi connectivity index (χ3v) is 5.42. The zero-order valence-electron chi connectivity index (χ0n) is 23.7. The lowest BCUT2D eigenvalue weighted by Crippen LogP contribution is -2.74. The van der Waals surface area contributed by atoms with Crippen LogP contribution in [-0.4, -0.2) is 100 Å². The van der Waals surface area contributed by atoms with E-state index in [4.69, 9.17) is 0 Å². The highest BCUT2D eigenvalue weighted by Crippen LogP contribution is 2.65. The van der Waals surface area contributed by atoms with Crippen molar-refractivity contribution < 1.29 is 116 Å². The summed E-state index contributed by atoms with van der Waals surface area (Å²) in [5.41, 5.74) is -8.35. The monoisotopic (exact) mass is 774 g/mol. The van der Waals surface area contributed by atoms with Crippen molar-refractivity contribution in [1.29, 1.82) is 0 Å². The van der Waals surface area contributed by atoms with E-state index in [2.05, 4.69) is 48.2 Å². The molecule has 0 heterocycles. The molecule has 0 N–H and O–H groups in total. The second-order valence-electron chi connectivity index (χ2n) is 9.07. The second-order valence-corrected chi connectivity index (χ2v) is 9.07. The Labute approximate surface area is 261 Å². The third-order valence-electron chi connectivity index (χ3n) is 5.42. The van der Waals surface area contributed by atoms with Crippen molar-refractivity contribution in [2.75, 3.05) is 39.6 Å². The first-order valence-corrected chi connectivity index (χ1v) is 12.1. The molecular weight excluding hydrogens is 752 g/mol. The maximum absolute atomic E-state index is 15.3. The van der Waals surface area contributed by atoms with Gasteiger partial charge in [-0.3, -0.25) is 9.47 Å². The molecule has 26 heteroatoms. The van der Waals surface area contributed by atoms with Crippen molar-refractivity contribution in [3.8, 4) is 0 Å². The van der Waals surface area contributed by atoms with E-state index in [1.807, 2.05) is 0 Å². The van der Waals surface area contributed by atoms with Gasteiger partial charge in [-0.05, 0) is 0 Å². The Morgan fingerprint density at radius 2 is 0.694 bits per heavy atom. The van der Waals surface area contributed by atoms with Crippen LogP contribution in [0.15, 0.2) is 38.0 Å². The smallest absolute Gasteiger partial charge is 0.371 e. The van der Waals surface area contributed by atoms with E-state index in [0.29, 0.717) is 18.2 Å². The molecule has 290 valence electrons. The van der Waals surface area contributed by atoms with Crippen LogP contribution in [0.5, 0.6) is 0 Å². The van der Waals surface area contributed by atoms with Gasteiger partial charge in [-0.1, -0.05) is 18.2 Å². The Hall–Kier alpha value is -2.42. The van der Waals surface area contributed by atoms with Crippen LogP contribution in [0, 0.1) is 5.41 Å². The summed E-state index contributed by atoms with van der Waals surface area (Å²) in [4.78, 5) is 0. The average Bonchev–Trinajstić information content (AvgIpc) is 2.85. The molecule has 0 bridgehead atoms. The van der Waals surface area contributed by atoms with Crippen LogP contribution in [0.2, 0.25) is 0 Å². The summed E-state index contributed by atoms with van der Waals surface area (Å²) in [6, 6.07) is 0. The van der Waals surface area contributed by atoms with E-state index in [-0.39, 0.29) is 0 Å². The van der Waals surface area contributed by atoms with Gasteiger partial charge in [0, 0.05) is 0 Å². The van der Waals surface area contributed by atoms with Gasteiger partial charge < -0.3 is 18.9 Å². The van der Waals surface area contributed by atoms with Crippen LogP contribution in [0.3, 0.4) is 0 Å². The predicted octanol–water partition coefficient (Wildman–Crippen LogP) is 8.36. The predicted molar refractivity (Wildman–Crippen MR) is 119 cm³/mol. The molecule has 0 amide bonds. The van der Waals surface area contributed by atoms with E-state index in [9.17, 15) is 65.9 Å². The molecular formula is C23H22F20O6. The van der Waals surface area contributed by atoms with Crippen LogP contribution in [-0.2, 0) is 28.4 Å². The van der Waals surface area contributed by atoms with Crippen molar-refractivity contribution in [2.45, 2.75) is 60.8 Å². The number of hydrogen-bond donors (Lipinski definition) is 0. The molecule has 0 aromatic carbocycles. The van der Waals surface area contributed by atoms with Crippen molar-refractivity contribution >= 4 is 0 Å². The first-order chi connectivity index (χ1) is 21.7. The van der Waals surface area contributed by atoms with Crippen molar-refractivity contribution in [3.05, 3.63) is 38.0 Å². The average molecular weight is 774 g/mol. The lowest BCUT2D eigenvalue weighted by Gasteiger charge is -2.48. The van der Waals surface area contributed by atoms with Gasteiger partial charge in [0.1, 0.15) is 19.8 Å². The SMILES string of the molecule is C=CCOCC(F)(OC(F)C(C(F)(F)F)(C(F)(F)OC(F)(COCC=C)C(F)(F)F)C(F)(F)OC(F)(COCC=C)C(F)(F)F)C(F)(F)F. The molecule has 0 aliphatic carbocycles. The minimum Gasteiger partial charge on any atom is -0.371 e. The van der Waals surface area contributed by atoms with E-state index in [0.717, 1.165) is 0 Å². The zero-order valence-corrected chi connectivity index (χ0v) is 23.7. The van der Waals surface area contributed by atoms with E-state index in [1.54, 1.807) is 0 Å². The molecule has 0 aromatic rings. The highest BCUT2D eigenvalue weighted by Gasteiger charge is 2.91. The van der Waals surface area contributed by atoms with Crippen LogP contribution in [0.4, 0.5) is 87.8 Å². The first-order valence-electron chi connectivity index (χ1n) is 12.1. The fourth-order valence-electron chi connectivity index (χ4n) is 3.05. The van der Waals surface area contributed by atoms with E-state index >= 15 is 22.0 Å². The highest BCUT2D eigenvalue weighted by atomic mass is 19.4. The molecule has 0 radical (unpaired) electrons. The normalized spacial score (nSPS) is 19.6. The van der Waals surface area contributed by atoms with E-state index < -0.39 is 106 Å². The number of hydrogen-bond acceptors (Lipinski definition) is 6. The number of rotatable bonds is 21. The molecule has 0 fully saturated rings. The van der Waals surface area contributed by atoms with Gasteiger partial charge in [0.2, 0.25) is 6.36 Å². The van der Waals surface area contributed by atoms with Gasteiger partial charge in [0.15, 0.2) is 0 Å². The Morgan fingerprint density at radius 1 is 0.429 bits per heavy atom. The summed E-state index contributed by atoms with van der Waals surface area (Å²) in [6.07, 6.45) is -51.7. The van der Waals surface area contributed by atoms with Gasteiger partial charge in [0.05, 0.1) is 19.8 Å². The summed E-state index contributed by atoms with van der Waals surface area (Å²) >= 11 is 0. The summed E-state index contributed by atoms with van der Waals surface area (Å²) in [5, 5.41) is 0. The van der Waals surface area contributed by atoms with Gasteiger partial charge in [-0.15, -0.1) is 19.7 Å². The standard InChI is InChI=1S/C23H22F20O6/c1-4-7-44-10-14(25,18(28,29)30)47-13(24)17(21(37,38)39,22(40,41)48-15(26,19(31,32)33)11-45-8-5-2)23(42,43)49-16(27,20(34,35)36)12-46-9-6-3/h4-6,13H,1-3,7-12H2. The quantitative estimate of drug-likeness (QED) is 0.0665. The Balaban J connectivity index is 8.10. The number of halogens is 20. The third kappa shape index (κ3) is 10.1. The molecule has 4 atom stereocenters. The molecule has 0 saturated heterocycles. The van der Waals surface area contributed by atoms with Crippen LogP contribution in [0.1, 0.15) is 0 Å². The van der Waals surface area contributed by atoms with E-state index in [1.165, 1.54) is 0 Å². The van der Waals surface area contributed by atoms with Gasteiger partial charge >= 0.3 is 59.9 Å². The molecule has 0 spiro atoms. The summed E-state index contributed by atoms with van der Waals surface area (Å²) in [5.74, 6) is -19.5. The van der Waals surface area contributed by atoms with Crippen molar-refractivity contribution in [2.24, 2.45) is 5.41 Å². The summed E-state index contributed by atoms with van der Waals surface area (Å²) in [7, 11) is 0. The zero-order chi connectivity index (χ0) is 39.2. The van der Waals surface area contributed by atoms with Gasteiger partial charge in [0.25, 0.3) is 0 Å². The molecule has 0 aromatic heterocycles. The van der Waals surface area contributed by atoms with Crippen molar-refractivity contribution in [3.63, 3.8) is 0 Å². The minimum atomic E-state index is -8.41. The van der Waals surface area contributed by atoms with Crippen LogP contribution < -0.4 is 0 Å². The molecule has 0 saturated carbocycles. The van der Waals surface area contributed by atoms with Gasteiger partial charge in [-0.2, -0.15) is 83.4 Å².